The average molecular weight is 429 g/mol. The van der Waals surface area contributed by atoms with E-state index >= 15 is 0 Å². The number of carbonyl (C=O) groups is 1. The monoisotopic (exact) mass is 428 g/mol. The van der Waals surface area contributed by atoms with E-state index in [1.807, 2.05) is 24.3 Å². The largest absolute Gasteiger partial charge is 0.372 e. The van der Waals surface area contributed by atoms with Crippen LogP contribution in [-0.2, 0) is 11.2 Å². The summed E-state index contributed by atoms with van der Waals surface area (Å²) in [7, 11) is 0. The van der Waals surface area contributed by atoms with Crippen LogP contribution < -0.4 is 10.2 Å². The van der Waals surface area contributed by atoms with Gasteiger partial charge in [-0.25, -0.2) is 0 Å². The fourth-order valence-electron chi connectivity index (χ4n) is 4.52. The molecule has 1 fully saturated rings. The molecule has 0 bridgehead atoms. The van der Waals surface area contributed by atoms with Gasteiger partial charge in [0.1, 0.15) is 0 Å². The minimum absolute atomic E-state index is 0.00707. The first-order valence-corrected chi connectivity index (χ1v) is 11.2. The second kappa shape index (κ2) is 8.63. The molecule has 0 aliphatic carbocycles. The van der Waals surface area contributed by atoms with Crippen LogP contribution in [0, 0.1) is 0 Å². The molecular formula is C26H28N4O2. The van der Waals surface area contributed by atoms with Crippen molar-refractivity contribution in [3.63, 3.8) is 0 Å². The lowest BCUT2D eigenvalue weighted by atomic mass is 10.1. The van der Waals surface area contributed by atoms with Crippen LogP contribution in [0.3, 0.4) is 0 Å². The number of nitrogens with zero attached hydrogens (tertiary/aromatic N) is 2. The van der Waals surface area contributed by atoms with Crippen molar-refractivity contribution in [2.45, 2.75) is 32.5 Å². The van der Waals surface area contributed by atoms with Gasteiger partial charge in [0.2, 0.25) is 0 Å². The molecule has 0 unspecified atom stereocenters. The maximum atomic E-state index is 12.0. The van der Waals surface area contributed by atoms with Crippen molar-refractivity contribution in [3.8, 4) is 11.3 Å². The number of anilines is 1. The smallest absolute Gasteiger partial charge is 0.253 e. The Morgan fingerprint density at radius 2 is 1.84 bits per heavy atom. The number of fused-ring (bicyclic) bond motifs is 1. The second-order valence-electron chi connectivity index (χ2n) is 8.64. The molecule has 1 amide bonds. The van der Waals surface area contributed by atoms with Gasteiger partial charge in [-0.3, -0.25) is 9.78 Å². The van der Waals surface area contributed by atoms with E-state index in [9.17, 15) is 4.79 Å². The molecular weight excluding hydrogens is 400 g/mol. The molecule has 0 saturated carbocycles. The number of aromatic nitrogens is 2. The normalized spacial score (nSPS) is 20.9. The summed E-state index contributed by atoms with van der Waals surface area (Å²) in [5.41, 5.74) is 6.94. The Balaban J connectivity index is 1.31. The van der Waals surface area contributed by atoms with Gasteiger partial charge in [-0.1, -0.05) is 18.2 Å². The van der Waals surface area contributed by atoms with Crippen LogP contribution in [0.15, 0.2) is 48.7 Å². The molecule has 0 spiro atoms. The maximum absolute atomic E-state index is 12.0. The molecule has 2 aliphatic heterocycles. The predicted octanol–water partition coefficient (Wildman–Crippen LogP) is 4.15. The molecule has 2 aliphatic rings. The van der Waals surface area contributed by atoms with Gasteiger partial charge in [-0.2, -0.15) is 0 Å². The number of benzene rings is 1. The van der Waals surface area contributed by atoms with E-state index in [1.54, 1.807) is 6.20 Å². The van der Waals surface area contributed by atoms with Crippen LogP contribution in [0.5, 0.6) is 0 Å². The molecule has 3 aromatic rings. The highest BCUT2D eigenvalue weighted by atomic mass is 16.5. The Hall–Kier alpha value is -3.38. The summed E-state index contributed by atoms with van der Waals surface area (Å²) in [4.78, 5) is 22.3. The first kappa shape index (κ1) is 20.5. The van der Waals surface area contributed by atoms with Crippen molar-refractivity contribution in [2.75, 3.05) is 24.5 Å². The number of amides is 1. The quantitative estimate of drug-likeness (QED) is 0.655. The minimum atomic E-state index is -0.00707. The van der Waals surface area contributed by atoms with Gasteiger partial charge in [-0.05, 0) is 55.8 Å². The third kappa shape index (κ3) is 4.32. The van der Waals surface area contributed by atoms with Crippen molar-refractivity contribution in [1.29, 1.82) is 0 Å². The van der Waals surface area contributed by atoms with Crippen LogP contribution in [0.2, 0.25) is 0 Å². The van der Waals surface area contributed by atoms with E-state index in [0.29, 0.717) is 6.54 Å². The number of pyridine rings is 1. The number of carbonyl (C=O) groups excluding carboxylic acids is 1. The van der Waals surface area contributed by atoms with Gasteiger partial charge in [0.05, 0.1) is 23.5 Å². The summed E-state index contributed by atoms with van der Waals surface area (Å²) >= 11 is 0. The number of rotatable bonds is 4. The molecule has 0 radical (unpaired) electrons. The molecule has 1 aromatic carbocycles. The Kier molecular flexibility index (Phi) is 5.53. The fourth-order valence-corrected chi connectivity index (χ4v) is 4.52. The number of aromatic amines is 1. The highest BCUT2D eigenvalue weighted by Gasteiger charge is 2.22. The molecule has 2 atom stereocenters. The standard InChI is InChI=1S/C26H28N4O2/c1-17-15-30(16-18(2)32-17)22-7-4-19(5-8-22)3-6-21-13-20(9-11-27-21)25-14-23-24(29-25)10-12-28-26(23)31/h3-9,11,13-14,17-18,29H,10,12,15-16H2,1-2H3,(H,28,31)/t17-,18+. The summed E-state index contributed by atoms with van der Waals surface area (Å²) in [6.45, 7) is 6.76. The maximum Gasteiger partial charge on any atom is 0.253 e. The number of H-pyrrole nitrogens is 1. The average Bonchev–Trinajstić information content (AvgIpc) is 3.24. The van der Waals surface area contributed by atoms with Crippen molar-refractivity contribution >= 4 is 23.7 Å². The Bertz CT molecular complexity index is 1140. The van der Waals surface area contributed by atoms with Crippen LogP contribution in [-0.4, -0.2) is 47.7 Å². The number of hydrogen-bond acceptors (Lipinski definition) is 4. The van der Waals surface area contributed by atoms with Gasteiger partial charge in [0, 0.05) is 54.9 Å². The molecule has 164 valence electrons. The molecule has 4 heterocycles. The lowest BCUT2D eigenvalue weighted by Crippen LogP contribution is -2.45. The number of hydrogen-bond donors (Lipinski definition) is 2. The van der Waals surface area contributed by atoms with Crippen molar-refractivity contribution in [3.05, 3.63) is 71.2 Å². The van der Waals surface area contributed by atoms with E-state index in [0.717, 1.165) is 53.3 Å². The summed E-state index contributed by atoms with van der Waals surface area (Å²) in [6.07, 6.45) is 7.23. The van der Waals surface area contributed by atoms with Crippen molar-refractivity contribution < 1.29 is 9.53 Å². The van der Waals surface area contributed by atoms with Gasteiger partial charge in [0.15, 0.2) is 0 Å². The van der Waals surface area contributed by atoms with Crippen LogP contribution in [0.1, 0.15) is 41.2 Å². The third-order valence-corrected chi connectivity index (χ3v) is 6.02. The number of nitrogens with one attached hydrogen (secondary N) is 2. The van der Waals surface area contributed by atoms with Crippen LogP contribution >= 0.6 is 0 Å². The molecule has 6 heteroatoms. The molecule has 2 N–H and O–H groups in total. The Morgan fingerprint density at radius 1 is 1.06 bits per heavy atom. The molecule has 1 saturated heterocycles. The van der Waals surface area contributed by atoms with E-state index in [4.69, 9.17) is 4.74 Å². The van der Waals surface area contributed by atoms with Crippen LogP contribution in [0.25, 0.3) is 23.4 Å². The van der Waals surface area contributed by atoms with E-state index in [-0.39, 0.29) is 18.1 Å². The van der Waals surface area contributed by atoms with Gasteiger partial charge < -0.3 is 19.9 Å². The minimum Gasteiger partial charge on any atom is -0.372 e. The van der Waals surface area contributed by atoms with Gasteiger partial charge in [0.25, 0.3) is 5.91 Å². The number of ether oxygens (including phenoxy) is 1. The SMILES string of the molecule is C[C@@H]1CN(c2ccc(C=Cc3cc(-c4cc5c([nH]4)CCNC5=O)ccn3)cc2)C[C@H](C)O1. The highest BCUT2D eigenvalue weighted by Crippen LogP contribution is 2.25. The lowest BCUT2D eigenvalue weighted by Gasteiger charge is -2.36. The molecule has 5 rings (SSSR count). The summed E-state index contributed by atoms with van der Waals surface area (Å²) in [5, 5.41) is 2.89. The lowest BCUT2D eigenvalue weighted by molar-refractivity contribution is -0.00521. The van der Waals surface area contributed by atoms with E-state index < -0.39 is 0 Å². The Labute approximate surface area is 188 Å². The topological polar surface area (TPSA) is 70.2 Å². The first-order valence-electron chi connectivity index (χ1n) is 11.2. The second-order valence-corrected chi connectivity index (χ2v) is 8.64. The number of morpholine rings is 1. The van der Waals surface area contributed by atoms with Gasteiger partial charge >= 0.3 is 0 Å². The fraction of sp³-hybridized carbons (Fsp3) is 0.308. The Morgan fingerprint density at radius 3 is 2.59 bits per heavy atom. The van der Waals surface area contributed by atoms with Crippen LogP contribution in [0.4, 0.5) is 5.69 Å². The molecule has 6 nitrogen and oxygen atoms in total. The highest BCUT2D eigenvalue weighted by molar-refractivity contribution is 5.97. The predicted molar refractivity (Wildman–Crippen MR) is 128 cm³/mol. The molecule has 2 aromatic heterocycles. The summed E-state index contributed by atoms with van der Waals surface area (Å²) in [6, 6.07) is 14.5. The molecule has 32 heavy (non-hydrogen) atoms. The third-order valence-electron chi connectivity index (χ3n) is 6.02. The first-order chi connectivity index (χ1) is 15.5. The van der Waals surface area contributed by atoms with Crippen molar-refractivity contribution in [2.24, 2.45) is 0 Å². The zero-order valence-electron chi connectivity index (χ0n) is 18.5. The summed E-state index contributed by atoms with van der Waals surface area (Å²) < 4.78 is 5.84. The zero-order chi connectivity index (χ0) is 22.1. The van der Waals surface area contributed by atoms with E-state index in [1.165, 1.54) is 5.69 Å². The van der Waals surface area contributed by atoms with Crippen molar-refractivity contribution in [1.82, 2.24) is 15.3 Å². The van der Waals surface area contributed by atoms with E-state index in [2.05, 4.69) is 64.4 Å². The summed E-state index contributed by atoms with van der Waals surface area (Å²) in [5.74, 6) is -0.00707. The van der Waals surface area contributed by atoms with Gasteiger partial charge in [-0.15, -0.1) is 0 Å². The zero-order valence-corrected chi connectivity index (χ0v) is 18.5.